The van der Waals surface area contributed by atoms with Gasteiger partial charge in [0.25, 0.3) is 5.91 Å². The van der Waals surface area contributed by atoms with E-state index in [1.54, 1.807) is 13.8 Å². The van der Waals surface area contributed by atoms with Crippen LogP contribution in [0.5, 0.6) is 23.0 Å². The molecule has 11 heteroatoms. The van der Waals surface area contributed by atoms with E-state index in [0.29, 0.717) is 46.2 Å². The molecule has 0 spiro atoms. The minimum atomic E-state index is -1.43. The van der Waals surface area contributed by atoms with E-state index < -0.39 is 17.7 Å². The second kappa shape index (κ2) is 12.3. The fraction of sp³-hybridized carbons (Fsp3) is 0.364. The van der Waals surface area contributed by atoms with Crippen molar-refractivity contribution in [2.45, 2.75) is 26.8 Å². The van der Waals surface area contributed by atoms with Crippen LogP contribution >= 0.6 is 23.2 Å². The first-order valence-corrected chi connectivity index (χ1v) is 10.7. The molecule has 0 bridgehead atoms. The molecule has 1 amide bonds. The molecule has 0 aliphatic heterocycles. The van der Waals surface area contributed by atoms with Crippen molar-refractivity contribution >= 4 is 46.3 Å². The van der Waals surface area contributed by atoms with Gasteiger partial charge in [0.1, 0.15) is 16.5 Å². The lowest BCUT2D eigenvalue weighted by Crippen LogP contribution is -2.32. The topological polar surface area (TPSA) is 108 Å². The minimum absolute atomic E-state index is 0.219. The third-order valence-corrected chi connectivity index (χ3v) is 4.80. The van der Waals surface area contributed by atoms with E-state index >= 15 is 0 Å². The largest absolute Gasteiger partial charge is 0.493 e. The Morgan fingerprint density at radius 1 is 0.970 bits per heavy atom. The Bertz CT molecular complexity index is 1020. The molecule has 1 unspecified atom stereocenters. The lowest BCUT2D eigenvalue weighted by Gasteiger charge is -2.15. The summed E-state index contributed by atoms with van der Waals surface area (Å²) in [6, 6.07) is 4.65. The molecule has 0 saturated carbocycles. The zero-order valence-corrected chi connectivity index (χ0v) is 20.4. The van der Waals surface area contributed by atoms with Crippen molar-refractivity contribution in [3.63, 3.8) is 0 Å². The highest BCUT2D eigenvalue weighted by Gasteiger charge is 2.25. The van der Waals surface area contributed by atoms with Gasteiger partial charge in [-0.15, -0.1) is 0 Å². The molecule has 1 N–H and O–H groups in total. The summed E-state index contributed by atoms with van der Waals surface area (Å²) in [6.45, 7) is 5.59. The molecule has 178 valence electrons. The molecule has 0 radical (unpaired) electrons. The lowest BCUT2D eigenvalue weighted by molar-refractivity contribution is -0.126. The molecule has 9 nitrogen and oxygen atoms in total. The van der Waals surface area contributed by atoms with Crippen LogP contribution in [-0.4, -0.2) is 45.2 Å². The molecule has 1 atom stereocenters. The van der Waals surface area contributed by atoms with E-state index in [1.807, 2.05) is 0 Å². The maximum absolute atomic E-state index is 12.9. The van der Waals surface area contributed by atoms with E-state index in [9.17, 15) is 9.59 Å². The Morgan fingerprint density at radius 3 is 2.06 bits per heavy atom. The van der Waals surface area contributed by atoms with E-state index in [0.717, 1.165) is 0 Å². The highest BCUT2D eigenvalue weighted by Crippen LogP contribution is 2.40. The molecule has 2 aromatic carbocycles. The van der Waals surface area contributed by atoms with Crippen molar-refractivity contribution in [2.24, 2.45) is 10.2 Å². The molecular weight excluding hydrogens is 473 g/mol. The second-order valence-electron chi connectivity index (χ2n) is 6.53. The van der Waals surface area contributed by atoms with E-state index in [4.69, 9.17) is 42.1 Å². The van der Waals surface area contributed by atoms with Crippen molar-refractivity contribution in [1.82, 2.24) is 0 Å². The molecule has 33 heavy (non-hydrogen) atoms. The molecule has 2 rings (SSSR count). The third-order valence-electron chi connectivity index (χ3n) is 4.21. The van der Waals surface area contributed by atoms with Gasteiger partial charge in [0.2, 0.25) is 6.04 Å². The Hall–Kier alpha value is -3.04. The van der Waals surface area contributed by atoms with Crippen molar-refractivity contribution in [2.75, 3.05) is 32.8 Å². The molecule has 0 aliphatic carbocycles. The smallest absolute Gasteiger partial charge is 0.258 e. The van der Waals surface area contributed by atoms with Gasteiger partial charge in [-0.25, -0.2) is 0 Å². The van der Waals surface area contributed by atoms with Gasteiger partial charge < -0.3 is 24.3 Å². The number of anilines is 1. The van der Waals surface area contributed by atoms with Gasteiger partial charge in [0, 0.05) is 23.2 Å². The molecule has 0 heterocycles. The van der Waals surface area contributed by atoms with Gasteiger partial charge in [-0.1, -0.05) is 23.2 Å². The number of nitrogens with zero attached hydrogens (tertiary/aromatic N) is 2. The highest BCUT2D eigenvalue weighted by atomic mass is 35.5. The molecule has 0 saturated heterocycles. The van der Waals surface area contributed by atoms with Gasteiger partial charge in [0.15, 0.2) is 17.3 Å². The first-order chi connectivity index (χ1) is 15.7. The van der Waals surface area contributed by atoms with Gasteiger partial charge in [-0.3, -0.25) is 9.59 Å². The number of ether oxygens (including phenoxy) is 4. The van der Waals surface area contributed by atoms with Gasteiger partial charge in [-0.05, 0) is 26.8 Å². The molecule has 0 fully saturated rings. The summed E-state index contributed by atoms with van der Waals surface area (Å²) in [7, 11) is 2.85. The minimum Gasteiger partial charge on any atom is -0.493 e. The quantitative estimate of drug-likeness (QED) is 0.324. The van der Waals surface area contributed by atoms with Crippen LogP contribution in [0.4, 0.5) is 11.4 Å². The summed E-state index contributed by atoms with van der Waals surface area (Å²) >= 11 is 12.4. The predicted octanol–water partition coefficient (Wildman–Crippen LogP) is 5.49. The van der Waals surface area contributed by atoms with Crippen LogP contribution in [0.2, 0.25) is 10.0 Å². The van der Waals surface area contributed by atoms with Crippen LogP contribution in [0.25, 0.3) is 0 Å². The lowest BCUT2D eigenvalue weighted by atomic mass is 10.2. The monoisotopic (exact) mass is 497 g/mol. The molecule has 0 aromatic heterocycles. The molecule has 2 aromatic rings. The average Bonchev–Trinajstić information content (AvgIpc) is 2.76. The van der Waals surface area contributed by atoms with Crippen molar-refractivity contribution in [3.05, 3.63) is 34.3 Å². The van der Waals surface area contributed by atoms with Crippen molar-refractivity contribution in [3.8, 4) is 23.0 Å². The summed E-state index contributed by atoms with van der Waals surface area (Å²) in [5.74, 6) is 0.00714. The maximum atomic E-state index is 12.9. The van der Waals surface area contributed by atoms with Crippen LogP contribution in [-0.2, 0) is 9.59 Å². The summed E-state index contributed by atoms with van der Waals surface area (Å²) < 4.78 is 21.5. The normalized spacial score (nSPS) is 11.7. The number of methoxy groups -OCH3 is 2. The van der Waals surface area contributed by atoms with Gasteiger partial charge in [0.05, 0.1) is 38.8 Å². The summed E-state index contributed by atoms with van der Waals surface area (Å²) in [5, 5.41) is 11.2. The summed E-state index contributed by atoms with van der Waals surface area (Å²) in [5.41, 5.74) is 0.518. The number of rotatable bonds is 11. The van der Waals surface area contributed by atoms with E-state index in [2.05, 4.69) is 15.5 Å². The van der Waals surface area contributed by atoms with Crippen molar-refractivity contribution in [1.29, 1.82) is 0 Å². The SMILES string of the molecule is CCOc1cc(N=NC(C(C)=O)C(=O)Nc2cc(Cl)cc(OC)c2OC)cc(OCC)c1Cl. The number of azo groups is 1. The molecular formula is C22H25Cl2N3O6. The highest BCUT2D eigenvalue weighted by molar-refractivity contribution is 6.33. The van der Waals surface area contributed by atoms with E-state index in [-0.39, 0.29) is 11.4 Å². The summed E-state index contributed by atoms with van der Waals surface area (Å²) in [4.78, 5) is 25.0. The number of halogens is 2. The number of hydrogen-bond donors (Lipinski definition) is 1. The van der Waals surface area contributed by atoms with Crippen LogP contribution in [0, 0.1) is 0 Å². The Kier molecular flexibility index (Phi) is 9.74. The van der Waals surface area contributed by atoms with Crippen molar-refractivity contribution < 1.29 is 28.5 Å². The van der Waals surface area contributed by atoms with Crippen LogP contribution < -0.4 is 24.3 Å². The first kappa shape index (κ1) is 26.2. The second-order valence-corrected chi connectivity index (χ2v) is 7.34. The zero-order chi connectivity index (χ0) is 24.5. The fourth-order valence-corrected chi connectivity index (χ4v) is 3.23. The maximum Gasteiger partial charge on any atom is 0.258 e. The van der Waals surface area contributed by atoms with Gasteiger partial charge in [-0.2, -0.15) is 10.2 Å². The van der Waals surface area contributed by atoms with Gasteiger partial charge >= 0.3 is 0 Å². The average molecular weight is 498 g/mol. The number of carbonyl (C=O) groups is 2. The van der Waals surface area contributed by atoms with Crippen LogP contribution in [0.3, 0.4) is 0 Å². The number of Topliss-reactive ketones (excluding diaryl/α,β-unsaturated/α-hetero) is 1. The van der Waals surface area contributed by atoms with Crippen LogP contribution in [0.1, 0.15) is 20.8 Å². The summed E-state index contributed by atoms with van der Waals surface area (Å²) in [6.07, 6.45) is 0. The zero-order valence-electron chi connectivity index (χ0n) is 18.9. The first-order valence-electron chi connectivity index (χ1n) is 9.98. The Morgan fingerprint density at radius 2 is 1.58 bits per heavy atom. The van der Waals surface area contributed by atoms with Crippen LogP contribution in [0.15, 0.2) is 34.5 Å². The number of nitrogens with one attached hydrogen (secondary N) is 1. The number of carbonyl (C=O) groups excluding carboxylic acids is 2. The number of ketones is 1. The Labute approximate surface area is 202 Å². The number of benzene rings is 2. The number of hydrogen-bond acceptors (Lipinski definition) is 8. The fourth-order valence-electron chi connectivity index (χ4n) is 2.80. The van der Waals surface area contributed by atoms with E-state index in [1.165, 1.54) is 45.4 Å². The Balaban J connectivity index is 2.36. The third kappa shape index (κ3) is 6.72. The standard InChI is InChI=1S/C22H25Cl2N3O6/c1-6-32-16-10-14(11-17(19(16)24)33-7-2)26-27-20(12(3)28)22(29)25-15-8-13(23)9-18(30-4)21(15)31-5/h8-11,20H,6-7H2,1-5H3,(H,25,29). The predicted molar refractivity (Wildman–Crippen MR) is 126 cm³/mol. The number of amides is 1. The molecule has 0 aliphatic rings.